The van der Waals surface area contributed by atoms with Gasteiger partial charge in [0.05, 0.1) is 49.3 Å². The van der Waals surface area contributed by atoms with Gasteiger partial charge in [-0.1, -0.05) is 12.1 Å². The van der Waals surface area contributed by atoms with E-state index in [2.05, 4.69) is 54.4 Å². The van der Waals surface area contributed by atoms with Crippen molar-refractivity contribution >= 4 is 43.8 Å². The first-order chi connectivity index (χ1) is 17.5. The standard InChI is InChI=1S/C27H26BrN5O3/c1-31-13-17(12-29-31)15-33-25-21(9-19(27(34)36-3)11-23(25)35-2)30-26(33)22-10-18-5-4-6-20(28)24(18)32(22)14-16-7-8-16/h4-6,9-13,16H,7-8,14-15H2,1-3H3. The summed E-state index contributed by atoms with van der Waals surface area (Å²) >= 11 is 3.78. The number of halogens is 1. The normalized spacial score (nSPS) is 13.6. The molecule has 1 aliphatic rings. The lowest BCUT2D eigenvalue weighted by molar-refractivity contribution is 0.0600. The molecule has 184 valence electrons. The molecule has 0 unspecified atom stereocenters. The summed E-state index contributed by atoms with van der Waals surface area (Å²) in [5.41, 5.74) is 5.15. The molecule has 0 aliphatic heterocycles. The fourth-order valence-electron chi connectivity index (χ4n) is 4.92. The van der Waals surface area contributed by atoms with E-state index < -0.39 is 5.97 Å². The summed E-state index contributed by atoms with van der Waals surface area (Å²) in [6.45, 7) is 1.49. The molecule has 36 heavy (non-hydrogen) atoms. The van der Waals surface area contributed by atoms with Gasteiger partial charge in [0, 0.05) is 35.2 Å². The van der Waals surface area contributed by atoms with E-state index in [1.807, 2.05) is 19.4 Å². The van der Waals surface area contributed by atoms with Gasteiger partial charge in [0.2, 0.25) is 0 Å². The van der Waals surface area contributed by atoms with Gasteiger partial charge in [0.1, 0.15) is 11.3 Å². The Morgan fingerprint density at radius 1 is 1.14 bits per heavy atom. The summed E-state index contributed by atoms with van der Waals surface area (Å²) in [7, 11) is 4.89. The number of hydrogen-bond donors (Lipinski definition) is 0. The van der Waals surface area contributed by atoms with E-state index in [-0.39, 0.29) is 0 Å². The molecule has 0 atom stereocenters. The fourth-order valence-corrected chi connectivity index (χ4v) is 5.51. The number of aryl methyl sites for hydroxylation is 1. The monoisotopic (exact) mass is 547 g/mol. The molecule has 3 heterocycles. The molecule has 0 amide bonds. The predicted octanol–water partition coefficient (Wildman–Crippen LogP) is 5.41. The molecule has 0 radical (unpaired) electrons. The number of ether oxygens (including phenoxy) is 2. The van der Waals surface area contributed by atoms with Crippen molar-refractivity contribution in [2.45, 2.75) is 25.9 Å². The smallest absolute Gasteiger partial charge is 0.338 e. The van der Waals surface area contributed by atoms with Crippen LogP contribution in [0.3, 0.4) is 0 Å². The van der Waals surface area contributed by atoms with Crippen molar-refractivity contribution in [1.29, 1.82) is 0 Å². The van der Waals surface area contributed by atoms with Crippen molar-refractivity contribution < 1.29 is 14.3 Å². The summed E-state index contributed by atoms with van der Waals surface area (Å²) in [6.07, 6.45) is 6.35. The van der Waals surface area contributed by atoms with E-state index in [1.165, 1.54) is 25.5 Å². The van der Waals surface area contributed by atoms with Crippen LogP contribution in [0.4, 0.5) is 0 Å². The fraction of sp³-hybridized carbons (Fsp3) is 0.296. The van der Waals surface area contributed by atoms with E-state index in [0.29, 0.717) is 29.3 Å². The van der Waals surface area contributed by atoms with Gasteiger partial charge in [-0.15, -0.1) is 0 Å². The Bertz CT molecular complexity index is 1630. The average molecular weight is 548 g/mol. The number of benzene rings is 2. The number of nitrogens with zero attached hydrogens (tertiary/aromatic N) is 5. The van der Waals surface area contributed by atoms with Crippen molar-refractivity contribution in [3.05, 3.63) is 64.4 Å². The third-order valence-electron chi connectivity index (χ3n) is 6.78. The van der Waals surface area contributed by atoms with Gasteiger partial charge >= 0.3 is 5.97 Å². The Balaban J connectivity index is 1.64. The van der Waals surface area contributed by atoms with Crippen LogP contribution < -0.4 is 4.74 Å². The van der Waals surface area contributed by atoms with Crippen molar-refractivity contribution in [3.8, 4) is 17.3 Å². The summed E-state index contributed by atoms with van der Waals surface area (Å²) < 4.78 is 18.2. The molecule has 3 aromatic heterocycles. The second-order valence-electron chi connectivity index (χ2n) is 9.34. The van der Waals surface area contributed by atoms with Gasteiger partial charge in [-0.25, -0.2) is 9.78 Å². The zero-order chi connectivity index (χ0) is 25.0. The molecule has 0 saturated heterocycles. The number of methoxy groups -OCH3 is 2. The van der Waals surface area contributed by atoms with Gasteiger partial charge in [-0.2, -0.15) is 5.10 Å². The highest BCUT2D eigenvalue weighted by atomic mass is 79.9. The Hall–Kier alpha value is -3.59. The number of rotatable bonds is 7. The Labute approximate surface area is 216 Å². The summed E-state index contributed by atoms with van der Waals surface area (Å²) in [5.74, 6) is 1.63. The first-order valence-electron chi connectivity index (χ1n) is 11.9. The van der Waals surface area contributed by atoms with E-state index in [4.69, 9.17) is 14.5 Å². The van der Waals surface area contributed by atoms with Crippen molar-refractivity contribution in [2.24, 2.45) is 13.0 Å². The van der Waals surface area contributed by atoms with Crippen LogP contribution in [0.15, 0.2) is 53.3 Å². The van der Waals surface area contributed by atoms with Crippen LogP contribution in [0.25, 0.3) is 33.5 Å². The molecular weight excluding hydrogens is 522 g/mol. The number of hydrogen-bond acceptors (Lipinski definition) is 5. The lowest BCUT2D eigenvalue weighted by Gasteiger charge is -2.14. The van der Waals surface area contributed by atoms with Crippen LogP contribution in [0, 0.1) is 5.92 Å². The maximum absolute atomic E-state index is 12.4. The molecule has 6 rings (SSSR count). The van der Waals surface area contributed by atoms with Gasteiger partial charge < -0.3 is 18.6 Å². The minimum atomic E-state index is -0.426. The highest BCUT2D eigenvalue weighted by molar-refractivity contribution is 9.10. The van der Waals surface area contributed by atoms with E-state index in [0.717, 1.165) is 39.0 Å². The number of imidazole rings is 1. The third-order valence-corrected chi connectivity index (χ3v) is 7.42. The lowest BCUT2D eigenvalue weighted by Crippen LogP contribution is -2.08. The predicted molar refractivity (Wildman–Crippen MR) is 141 cm³/mol. The molecule has 0 spiro atoms. The largest absolute Gasteiger partial charge is 0.494 e. The third kappa shape index (κ3) is 3.87. The quantitative estimate of drug-likeness (QED) is 0.255. The zero-order valence-corrected chi connectivity index (χ0v) is 21.9. The van der Waals surface area contributed by atoms with E-state index in [9.17, 15) is 4.79 Å². The molecule has 8 nitrogen and oxygen atoms in total. The Morgan fingerprint density at radius 3 is 2.67 bits per heavy atom. The summed E-state index contributed by atoms with van der Waals surface area (Å²) in [6, 6.07) is 12.0. The number of para-hydroxylation sites is 1. The average Bonchev–Trinajstić information content (AvgIpc) is 3.31. The van der Waals surface area contributed by atoms with Gasteiger partial charge in [0.15, 0.2) is 5.82 Å². The van der Waals surface area contributed by atoms with Crippen LogP contribution >= 0.6 is 15.9 Å². The molecule has 9 heteroatoms. The molecule has 1 aliphatic carbocycles. The van der Waals surface area contributed by atoms with Gasteiger partial charge in [0.25, 0.3) is 0 Å². The number of carbonyl (C=O) groups is 1. The molecular formula is C27H26BrN5O3. The molecule has 1 fully saturated rings. The van der Waals surface area contributed by atoms with Crippen LogP contribution in [0.2, 0.25) is 0 Å². The van der Waals surface area contributed by atoms with E-state index >= 15 is 0 Å². The summed E-state index contributed by atoms with van der Waals surface area (Å²) in [5, 5.41) is 5.52. The minimum Gasteiger partial charge on any atom is -0.494 e. The number of esters is 1. The van der Waals surface area contributed by atoms with E-state index in [1.54, 1.807) is 23.9 Å². The topological polar surface area (TPSA) is 76.1 Å². The number of carbonyl (C=O) groups excluding carboxylic acids is 1. The first kappa shape index (κ1) is 22.8. The Morgan fingerprint density at radius 2 is 1.97 bits per heavy atom. The van der Waals surface area contributed by atoms with Crippen molar-refractivity contribution in [1.82, 2.24) is 23.9 Å². The summed E-state index contributed by atoms with van der Waals surface area (Å²) in [4.78, 5) is 17.5. The molecule has 0 N–H and O–H groups in total. The lowest BCUT2D eigenvalue weighted by atomic mass is 10.2. The molecule has 1 saturated carbocycles. The first-order valence-corrected chi connectivity index (χ1v) is 12.7. The van der Waals surface area contributed by atoms with Crippen LogP contribution in [-0.4, -0.2) is 44.1 Å². The second-order valence-corrected chi connectivity index (χ2v) is 10.2. The van der Waals surface area contributed by atoms with Gasteiger partial charge in [-0.3, -0.25) is 4.68 Å². The SMILES string of the molecule is COC(=O)c1cc(OC)c2c(c1)nc(-c1cc3cccc(Br)c3n1CC1CC1)n2Cc1cnn(C)c1. The molecule has 5 aromatic rings. The zero-order valence-electron chi connectivity index (χ0n) is 20.4. The second kappa shape index (κ2) is 8.81. The maximum atomic E-state index is 12.4. The highest BCUT2D eigenvalue weighted by Crippen LogP contribution is 2.40. The van der Waals surface area contributed by atoms with Crippen molar-refractivity contribution in [3.63, 3.8) is 0 Å². The number of fused-ring (bicyclic) bond motifs is 2. The Kier molecular flexibility index (Phi) is 5.59. The van der Waals surface area contributed by atoms with Gasteiger partial charge in [-0.05, 0) is 59.0 Å². The van der Waals surface area contributed by atoms with Crippen molar-refractivity contribution in [2.75, 3.05) is 14.2 Å². The van der Waals surface area contributed by atoms with Crippen LogP contribution in [0.1, 0.15) is 28.8 Å². The maximum Gasteiger partial charge on any atom is 0.338 e. The molecule has 0 bridgehead atoms. The molecule has 2 aromatic carbocycles. The minimum absolute atomic E-state index is 0.403. The number of aromatic nitrogens is 5. The highest BCUT2D eigenvalue weighted by Gasteiger charge is 2.27. The van der Waals surface area contributed by atoms with Crippen LogP contribution in [0.5, 0.6) is 5.75 Å². The van der Waals surface area contributed by atoms with Crippen LogP contribution in [-0.2, 0) is 24.9 Å².